The van der Waals surface area contributed by atoms with Crippen molar-refractivity contribution in [3.05, 3.63) is 58.7 Å². The molecule has 26 heavy (non-hydrogen) atoms. The van der Waals surface area contributed by atoms with Gasteiger partial charge in [0.1, 0.15) is 5.82 Å². The number of anilines is 3. The van der Waals surface area contributed by atoms with Gasteiger partial charge in [-0.3, -0.25) is 4.98 Å². The molecule has 0 spiro atoms. The van der Waals surface area contributed by atoms with Crippen LogP contribution in [0.3, 0.4) is 0 Å². The van der Waals surface area contributed by atoms with Crippen LogP contribution in [-0.4, -0.2) is 32.7 Å². The van der Waals surface area contributed by atoms with Gasteiger partial charge in [-0.1, -0.05) is 29.3 Å². The van der Waals surface area contributed by atoms with E-state index in [1.165, 1.54) is 0 Å². The van der Waals surface area contributed by atoms with E-state index in [0.29, 0.717) is 38.9 Å². The van der Waals surface area contributed by atoms with Crippen molar-refractivity contribution in [3.63, 3.8) is 0 Å². The van der Waals surface area contributed by atoms with E-state index in [0.717, 1.165) is 0 Å². The van der Waals surface area contributed by atoms with E-state index in [9.17, 15) is 5.11 Å². The van der Waals surface area contributed by atoms with Crippen LogP contribution in [0.5, 0.6) is 0 Å². The highest BCUT2D eigenvalue weighted by atomic mass is 35.5. The van der Waals surface area contributed by atoms with E-state index < -0.39 is 0 Å². The predicted molar refractivity (Wildman–Crippen MR) is 105 cm³/mol. The van der Waals surface area contributed by atoms with Crippen molar-refractivity contribution in [1.82, 2.24) is 15.0 Å². The lowest BCUT2D eigenvalue weighted by Crippen LogP contribution is -2.21. The maximum Gasteiger partial charge on any atom is 0.225 e. The lowest BCUT2D eigenvalue weighted by atomic mass is 10.2. The molecule has 0 amide bonds. The van der Waals surface area contributed by atoms with Crippen LogP contribution in [0.1, 0.15) is 6.92 Å². The third kappa shape index (κ3) is 4.82. The summed E-state index contributed by atoms with van der Waals surface area (Å²) in [7, 11) is 0. The number of rotatable bonds is 6. The fourth-order valence-corrected chi connectivity index (χ4v) is 2.79. The predicted octanol–water partition coefficient (Wildman–Crippen LogP) is 4.38. The summed E-state index contributed by atoms with van der Waals surface area (Å²) in [5.41, 5.74) is 2.06. The van der Waals surface area contributed by atoms with Crippen LogP contribution in [0.25, 0.3) is 11.4 Å². The van der Waals surface area contributed by atoms with Crippen molar-refractivity contribution in [2.45, 2.75) is 13.0 Å². The molecule has 3 N–H and O–H groups in total. The van der Waals surface area contributed by atoms with Gasteiger partial charge < -0.3 is 15.7 Å². The molecule has 0 saturated heterocycles. The summed E-state index contributed by atoms with van der Waals surface area (Å²) in [6.07, 6.45) is 1.70. The number of aliphatic hydroxyl groups excluding tert-OH is 1. The summed E-state index contributed by atoms with van der Waals surface area (Å²) in [6, 6.07) is 12.3. The first-order chi connectivity index (χ1) is 12.5. The van der Waals surface area contributed by atoms with Crippen LogP contribution in [-0.2, 0) is 0 Å². The zero-order valence-corrected chi connectivity index (χ0v) is 15.5. The second kappa shape index (κ2) is 8.31. The topological polar surface area (TPSA) is 83.0 Å². The number of benzene rings is 1. The van der Waals surface area contributed by atoms with Crippen molar-refractivity contribution < 1.29 is 5.11 Å². The average molecular weight is 390 g/mol. The van der Waals surface area contributed by atoms with Gasteiger partial charge in [0.25, 0.3) is 0 Å². The van der Waals surface area contributed by atoms with Gasteiger partial charge >= 0.3 is 0 Å². The van der Waals surface area contributed by atoms with E-state index in [4.69, 9.17) is 23.2 Å². The van der Waals surface area contributed by atoms with E-state index in [-0.39, 0.29) is 12.6 Å². The third-order valence-corrected chi connectivity index (χ3v) is 3.87. The second-order valence-electron chi connectivity index (χ2n) is 5.69. The van der Waals surface area contributed by atoms with Gasteiger partial charge in [0, 0.05) is 34.0 Å². The quantitative estimate of drug-likeness (QED) is 0.579. The number of pyridine rings is 1. The monoisotopic (exact) mass is 389 g/mol. The number of nitrogens with zero attached hydrogens (tertiary/aromatic N) is 3. The lowest BCUT2D eigenvalue weighted by molar-refractivity contribution is 0.281. The Balaban J connectivity index is 1.98. The van der Waals surface area contributed by atoms with Gasteiger partial charge in [-0.25, -0.2) is 4.98 Å². The molecule has 0 aliphatic carbocycles. The number of aromatic nitrogens is 3. The van der Waals surface area contributed by atoms with Crippen molar-refractivity contribution in [2.24, 2.45) is 0 Å². The summed E-state index contributed by atoms with van der Waals surface area (Å²) < 4.78 is 0. The molecule has 0 bridgehead atoms. The molecule has 6 nitrogen and oxygen atoms in total. The van der Waals surface area contributed by atoms with E-state index in [1.54, 1.807) is 30.5 Å². The first-order valence-corrected chi connectivity index (χ1v) is 8.70. The van der Waals surface area contributed by atoms with E-state index in [1.807, 2.05) is 25.1 Å². The minimum Gasteiger partial charge on any atom is -0.394 e. The Bertz CT molecular complexity index is 872. The van der Waals surface area contributed by atoms with Crippen LogP contribution in [0.2, 0.25) is 10.0 Å². The number of hydrogen-bond acceptors (Lipinski definition) is 6. The number of halogens is 2. The highest BCUT2D eigenvalue weighted by molar-refractivity contribution is 6.35. The summed E-state index contributed by atoms with van der Waals surface area (Å²) >= 11 is 12.1. The Morgan fingerprint density at radius 3 is 2.46 bits per heavy atom. The summed E-state index contributed by atoms with van der Waals surface area (Å²) in [5, 5.41) is 16.5. The summed E-state index contributed by atoms with van der Waals surface area (Å²) in [6.45, 7) is 1.80. The molecule has 0 radical (unpaired) electrons. The van der Waals surface area contributed by atoms with Gasteiger partial charge in [-0.15, -0.1) is 0 Å². The molecule has 0 unspecified atom stereocenters. The molecule has 2 heterocycles. The maximum absolute atomic E-state index is 9.27. The third-order valence-electron chi connectivity index (χ3n) is 3.44. The molecule has 134 valence electrons. The Morgan fingerprint density at radius 2 is 1.81 bits per heavy atom. The molecule has 0 fully saturated rings. The summed E-state index contributed by atoms with van der Waals surface area (Å²) in [4.78, 5) is 13.3. The normalized spacial score (nSPS) is 11.8. The molecule has 0 aliphatic heterocycles. The number of hydrogen-bond donors (Lipinski definition) is 3. The molecular formula is C18H17Cl2N5O. The van der Waals surface area contributed by atoms with E-state index in [2.05, 4.69) is 25.6 Å². The summed E-state index contributed by atoms with van der Waals surface area (Å²) in [5.74, 6) is 0.928. The molecule has 0 aliphatic rings. The lowest BCUT2D eigenvalue weighted by Gasteiger charge is -2.14. The van der Waals surface area contributed by atoms with Crippen LogP contribution in [0.4, 0.5) is 17.5 Å². The van der Waals surface area contributed by atoms with Crippen LogP contribution in [0, 0.1) is 0 Å². The van der Waals surface area contributed by atoms with Crippen molar-refractivity contribution >= 4 is 40.7 Å². The van der Waals surface area contributed by atoms with Gasteiger partial charge in [-0.2, -0.15) is 4.98 Å². The van der Waals surface area contributed by atoms with Gasteiger partial charge in [0.15, 0.2) is 0 Å². The highest BCUT2D eigenvalue weighted by Crippen LogP contribution is 2.27. The fraction of sp³-hybridized carbons (Fsp3) is 0.167. The van der Waals surface area contributed by atoms with Crippen molar-refractivity contribution in [1.29, 1.82) is 0 Å². The molecule has 1 atom stereocenters. The van der Waals surface area contributed by atoms with Gasteiger partial charge in [0.2, 0.25) is 5.95 Å². The molecule has 3 aromatic rings. The van der Waals surface area contributed by atoms with Crippen LogP contribution < -0.4 is 10.6 Å². The zero-order valence-electron chi connectivity index (χ0n) is 13.9. The average Bonchev–Trinajstić information content (AvgIpc) is 2.61. The second-order valence-corrected chi connectivity index (χ2v) is 6.56. The first-order valence-electron chi connectivity index (χ1n) is 7.94. The number of nitrogens with one attached hydrogen (secondary N) is 2. The van der Waals surface area contributed by atoms with Gasteiger partial charge in [-0.05, 0) is 37.3 Å². The zero-order chi connectivity index (χ0) is 18.5. The highest BCUT2D eigenvalue weighted by Gasteiger charge is 2.10. The minimum atomic E-state index is -0.192. The van der Waals surface area contributed by atoms with Crippen molar-refractivity contribution in [3.8, 4) is 11.4 Å². The van der Waals surface area contributed by atoms with Gasteiger partial charge in [0.05, 0.1) is 18.0 Å². The first kappa shape index (κ1) is 18.4. The SMILES string of the molecule is C[C@H](CO)Nc1nc(Nc2cc(Cl)cc(Cl)c2)cc(-c2ccccn2)n1. The van der Waals surface area contributed by atoms with E-state index >= 15 is 0 Å². The molecule has 2 aromatic heterocycles. The van der Waals surface area contributed by atoms with Crippen LogP contribution in [0.15, 0.2) is 48.7 Å². The number of aliphatic hydroxyl groups is 1. The standard InChI is InChI=1S/C18H17Cl2N5O/c1-11(10-26)22-18-24-16(15-4-2-3-5-21-15)9-17(25-18)23-14-7-12(19)6-13(20)8-14/h2-9,11,26H,10H2,1H3,(H2,22,23,24,25)/t11-/m1/s1. The Labute approximate surface area is 161 Å². The molecule has 0 saturated carbocycles. The molecular weight excluding hydrogens is 373 g/mol. The Morgan fingerprint density at radius 1 is 1.04 bits per heavy atom. The largest absolute Gasteiger partial charge is 0.394 e. The molecule has 3 rings (SSSR count). The molecule has 8 heteroatoms. The Kier molecular flexibility index (Phi) is 5.88. The maximum atomic E-state index is 9.27. The minimum absolute atomic E-state index is 0.0379. The van der Waals surface area contributed by atoms with Crippen molar-refractivity contribution in [2.75, 3.05) is 17.2 Å². The fourth-order valence-electron chi connectivity index (χ4n) is 2.26. The van der Waals surface area contributed by atoms with Crippen LogP contribution >= 0.6 is 23.2 Å². The smallest absolute Gasteiger partial charge is 0.225 e. The molecule has 1 aromatic carbocycles. The Hall–Kier alpha value is -2.41.